The molecule has 0 fully saturated rings. The normalized spacial score (nSPS) is 10.5. The Morgan fingerprint density at radius 2 is 2.12 bits per heavy atom. The Balaban J connectivity index is 2.25. The average molecular weight is 238 g/mol. The number of benzene rings is 1. The number of rotatable bonds is 3. The SMILES string of the molecule is NC(=O)c1nnc(Cc2cccc(F)c2F)[nH]1. The summed E-state index contributed by atoms with van der Waals surface area (Å²) < 4.78 is 26.2. The number of hydrogen-bond acceptors (Lipinski definition) is 3. The van der Waals surface area contributed by atoms with Crippen molar-refractivity contribution in [3.8, 4) is 0 Å². The molecular formula is C10H8F2N4O. The number of nitrogens with one attached hydrogen (secondary N) is 1. The van der Waals surface area contributed by atoms with Crippen molar-refractivity contribution in [1.82, 2.24) is 15.2 Å². The molecule has 0 atom stereocenters. The second-order valence-electron chi connectivity index (χ2n) is 3.37. The number of hydrogen-bond donors (Lipinski definition) is 2. The summed E-state index contributed by atoms with van der Waals surface area (Å²) in [4.78, 5) is 13.3. The van der Waals surface area contributed by atoms with Crippen molar-refractivity contribution in [2.45, 2.75) is 6.42 Å². The maximum atomic E-state index is 13.3. The molecule has 0 aliphatic carbocycles. The molecule has 0 bridgehead atoms. The number of nitrogens with two attached hydrogens (primary N) is 1. The second kappa shape index (κ2) is 4.28. The van der Waals surface area contributed by atoms with E-state index in [4.69, 9.17) is 5.73 Å². The lowest BCUT2D eigenvalue weighted by Crippen LogP contribution is -2.12. The first-order valence-electron chi connectivity index (χ1n) is 4.72. The Labute approximate surface area is 94.7 Å². The Morgan fingerprint density at radius 3 is 2.76 bits per heavy atom. The zero-order chi connectivity index (χ0) is 12.4. The van der Waals surface area contributed by atoms with E-state index in [2.05, 4.69) is 15.2 Å². The minimum absolute atomic E-state index is 0.00384. The molecule has 1 aromatic heterocycles. The highest BCUT2D eigenvalue weighted by molar-refractivity contribution is 5.88. The molecule has 1 amide bonds. The molecule has 88 valence electrons. The highest BCUT2D eigenvalue weighted by Crippen LogP contribution is 2.13. The lowest BCUT2D eigenvalue weighted by atomic mass is 10.1. The van der Waals surface area contributed by atoms with Crippen LogP contribution in [0, 0.1) is 11.6 Å². The molecule has 1 heterocycles. The molecule has 5 nitrogen and oxygen atoms in total. The lowest BCUT2D eigenvalue weighted by molar-refractivity contribution is 0.0991. The summed E-state index contributed by atoms with van der Waals surface area (Å²) in [6.07, 6.45) is 0.00384. The van der Waals surface area contributed by atoms with Crippen molar-refractivity contribution in [2.75, 3.05) is 0 Å². The van der Waals surface area contributed by atoms with Gasteiger partial charge in [-0.1, -0.05) is 12.1 Å². The van der Waals surface area contributed by atoms with Crippen LogP contribution in [0.15, 0.2) is 18.2 Å². The summed E-state index contributed by atoms with van der Waals surface area (Å²) in [5, 5.41) is 7.08. The van der Waals surface area contributed by atoms with E-state index in [0.29, 0.717) is 0 Å². The number of primary amides is 1. The van der Waals surface area contributed by atoms with E-state index in [0.717, 1.165) is 6.07 Å². The van der Waals surface area contributed by atoms with Gasteiger partial charge in [-0.15, -0.1) is 10.2 Å². The minimum atomic E-state index is -0.940. The highest BCUT2D eigenvalue weighted by Gasteiger charge is 2.12. The molecule has 1 aromatic carbocycles. The molecule has 0 aliphatic heterocycles. The van der Waals surface area contributed by atoms with Crippen LogP contribution in [0.4, 0.5) is 8.78 Å². The number of carbonyl (C=O) groups excluding carboxylic acids is 1. The Kier molecular flexibility index (Phi) is 2.82. The van der Waals surface area contributed by atoms with Gasteiger partial charge in [0.05, 0.1) is 0 Å². The maximum Gasteiger partial charge on any atom is 0.286 e. The number of carbonyl (C=O) groups is 1. The van der Waals surface area contributed by atoms with Gasteiger partial charge < -0.3 is 10.7 Å². The summed E-state index contributed by atoms with van der Waals surface area (Å²) in [5.74, 6) is -2.51. The summed E-state index contributed by atoms with van der Waals surface area (Å²) >= 11 is 0. The van der Waals surface area contributed by atoms with Crippen LogP contribution in [0.2, 0.25) is 0 Å². The van der Waals surface area contributed by atoms with Gasteiger partial charge in [-0.25, -0.2) is 8.78 Å². The first-order chi connectivity index (χ1) is 8.08. The smallest absolute Gasteiger partial charge is 0.286 e. The molecule has 0 spiro atoms. The third kappa shape index (κ3) is 2.27. The molecule has 2 aromatic rings. The van der Waals surface area contributed by atoms with Crippen LogP contribution in [0.5, 0.6) is 0 Å². The number of H-pyrrole nitrogens is 1. The second-order valence-corrected chi connectivity index (χ2v) is 3.37. The fourth-order valence-electron chi connectivity index (χ4n) is 1.35. The zero-order valence-electron chi connectivity index (χ0n) is 8.58. The maximum absolute atomic E-state index is 13.3. The Hall–Kier alpha value is -2.31. The first-order valence-corrected chi connectivity index (χ1v) is 4.72. The van der Waals surface area contributed by atoms with E-state index in [1.54, 1.807) is 0 Å². The van der Waals surface area contributed by atoms with Crippen LogP contribution in [0.3, 0.4) is 0 Å². The number of nitrogens with zero attached hydrogens (tertiary/aromatic N) is 2. The van der Waals surface area contributed by atoms with E-state index >= 15 is 0 Å². The van der Waals surface area contributed by atoms with E-state index in [-0.39, 0.29) is 23.6 Å². The average Bonchev–Trinajstić information content (AvgIpc) is 2.73. The molecule has 17 heavy (non-hydrogen) atoms. The van der Waals surface area contributed by atoms with Crippen molar-refractivity contribution in [2.24, 2.45) is 5.73 Å². The molecule has 7 heteroatoms. The monoisotopic (exact) mass is 238 g/mol. The number of aromatic nitrogens is 3. The van der Waals surface area contributed by atoms with Crippen LogP contribution in [0.1, 0.15) is 22.0 Å². The summed E-state index contributed by atoms with van der Waals surface area (Å²) in [5.41, 5.74) is 5.09. The summed E-state index contributed by atoms with van der Waals surface area (Å²) in [6.45, 7) is 0. The van der Waals surface area contributed by atoms with Gasteiger partial charge in [0, 0.05) is 6.42 Å². The van der Waals surface area contributed by atoms with Crippen LogP contribution in [-0.4, -0.2) is 21.1 Å². The number of amides is 1. The van der Waals surface area contributed by atoms with E-state index < -0.39 is 17.5 Å². The highest BCUT2D eigenvalue weighted by atomic mass is 19.2. The van der Waals surface area contributed by atoms with Crippen molar-refractivity contribution < 1.29 is 13.6 Å². The molecule has 3 N–H and O–H groups in total. The summed E-state index contributed by atoms with van der Waals surface area (Å²) in [7, 11) is 0. The van der Waals surface area contributed by atoms with Gasteiger partial charge in [-0.2, -0.15) is 0 Å². The van der Waals surface area contributed by atoms with Crippen molar-refractivity contribution in [3.05, 3.63) is 47.0 Å². The third-order valence-electron chi connectivity index (χ3n) is 2.16. The zero-order valence-corrected chi connectivity index (χ0v) is 8.58. The number of halogens is 2. The van der Waals surface area contributed by atoms with Crippen molar-refractivity contribution in [3.63, 3.8) is 0 Å². The quantitative estimate of drug-likeness (QED) is 0.828. The van der Waals surface area contributed by atoms with Crippen molar-refractivity contribution >= 4 is 5.91 Å². The van der Waals surface area contributed by atoms with E-state index in [1.165, 1.54) is 12.1 Å². The van der Waals surface area contributed by atoms with Gasteiger partial charge in [0.25, 0.3) is 5.91 Å². The van der Waals surface area contributed by atoms with E-state index in [1.807, 2.05) is 0 Å². The first kappa shape index (κ1) is 11.2. The fourth-order valence-corrected chi connectivity index (χ4v) is 1.35. The van der Waals surface area contributed by atoms with Gasteiger partial charge in [0.1, 0.15) is 5.82 Å². The largest absolute Gasteiger partial charge is 0.363 e. The van der Waals surface area contributed by atoms with Gasteiger partial charge in [-0.3, -0.25) is 4.79 Å². The molecule has 0 radical (unpaired) electrons. The standard InChI is InChI=1S/C10H8F2N4O/c11-6-3-1-2-5(8(6)12)4-7-14-10(9(13)17)16-15-7/h1-3H,4H2,(H2,13,17)(H,14,15,16). The molecule has 0 unspecified atom stereocenters. The molecule has 0 aliphatic rings. The third-order valence-corrected chi connectivity index (χ3v) is 2.16. The number of aromatic amines is 1. The molecule has 0 saturated heterocycles. The van der Waals surface area contributed by atoms with Crippen molar-refractivity contribution in [1.29, 1.82) is 0 Å². The Morgan fingerprint density at radius 1 is 1.35 bits per heavy atom. The van der Waals surface area contributed by atoms with Crippen LogP contribution < -0.4 is 5.73 Å². The van der Waals surface area contributed by atoms with E-state index in [9.17, 15) is 13.6 Å². The molecule has 2 rings (SSSR count). The fraction of sp³-hybridized carbons (Fsp3) is 0.100. The van der Waals surface area contributed by atoms with Gasteiger partial charge in [-0.05, 0) is 11.6 Å². The summed E-state index contributed by atoms with van der Waals surface area (Å²) in [6, 6.07) is 3.83. The lowest BCUT2D eigenvalue weighted by Gasteiger charge is -2.00. The molecular weight excluding hydrogens is 230 g/mol. The van der Waals surface area contributed by atoms with Crippen LogP contribution in [-0.2, 0) is 6.42 Å². The topological polar surface area (TPSA) is 84.7 Å². The predicted octanol–water partition coefficient (Wildman–Crippen LogP) is 0.773. The minimum Gasteiger partial charge on any atom is -0.363 e. The van der Waals surface area contributed by atoms with Crippen LogP contribution in [0.25, 0.3) is 0 Å². The van der Waals surface area contributed by atoms with Gasteiger partial charge >= 0.3 is 0 Å². The molecule has 0 saturated carbocycles. The van der Waals surface area contributed by atoms with Gasteiger partial charge in [0.2, 0.25) is 5.82 Å². The van der Waals surface area contributed by atoms with Gasteiger partial charge in [0.15, 0.2) is 11.6 Å². The Bertz CT molecular complexity index is 567. The van der Waals surface area contributed by atoms with Crippen LogP contribution >= 0.6 is 0 Å². The predicted molar refractivity (Wildman–Crippen MR) is 54.1 cm³/mol.